The van der Waals surface area contributed by atoms with Gasteiger partial charge in [-0.05, 0) is 42.2 Å². The predicted octanol–water partition coefficient (Wildman–Crippen LogP) is 4.66. The van der Waals surface area contributed by atoms with Crippen molar-refractivity contribution < 1.29 is 9.53 Å². The number of amides is 1. The first-order valence-corrected chi connectivity index (χ1v) is 9.69. The molecule has 4 rings (SSSR count). The number of rotatable bonds is 6. The Hall–Kier alpha value is -3.27. The van der Waals surface area contributed by atoms with Crippen molar-refractivity contribution in [3.05, 3.63) is 90.0 Å². The molecule has 0 fully saturated rings. The average Bonchev–Trinajstić information content (AvgIpc) is 2.77. The van der Waals surface area contributed by atoms with Gasteiger partial charge in [0.15, 0.2) is 0 Å². The lowest BCUT2D eigenvalue weighted by molar-refractivity contribution is -0.117. The molecule has 28 heavy (non-hydrogen) atoms. The van der Waals surface area contributed by atoms with Gasteiger partial charge in [0, 0.05) is 12.2 Å². The van der Waals surface area contributed by atoms with Gasteiger partial charge in [-0.2, -0.15) is 0 Å². The number of anilines is 2. The van der Waals surface area contributed by atoms with Crippen molar-refractivity contribution in [2.75, 3.05) is 23.3 Å². The van der Waals surface area contributed by atoms with Gasteiger partial charge in [0.05, 0.1) is 12.2 Å². The maximum absolute atomic E-state index is 12.8. The molecule has 1 heterocycles. The van der Waals surface area contributed by atoms with Gasteiger partial charge in [-0.25, -0.2) is 0 Å². The highest BCUT2D eigenvalue weighted by Gasteiger charge is 2.21. The first-order valence-electron chi connectivity index (χ1n) is 9.69. The van der Waals surface area contributed by atoms with Crippen LogP contribution in [0.3, 0.4) is 0 Å². The Balaban J connectivity index is 1.41. The van der Waals surface area contributed by atoms with Crippen LogP contribution in [0.1, 0.15) is 17.5 Å². The molecule has 1 aliphatic heterocycles. The van der Waals surface area contributed by atoms with E-state index in [1.54, 1.807) is 0 Å². The lowest BCUT2D eigenvalue weighted by Gasteiger charge is -2.29. The van der Waals surface area contributed by atoms with Gasteiger partial charge >= 0.3 is 0 Å². The largest absolute Gasteiger partial charge is 0.487 e. The third-order valence-corrected chi connectivity index (χ3v) is 4.97. The molecule has 0 saturated heterocycles. The van der Waals surface area contributed by atoms with Gasteiger partial charge in [0.25, 0.3) is 0 Å². The number of benzene rings is 3. The molecule has 4 nitrogen and oxygen atoms in total. The third-order valence-electron chi connectivity index (χ3n) is 4.97. The number of nitrogens with zero attached hydrogens (tertiary/aromatic N) is 1. The van der Waals surface area contributed by atoms with Gasteiger partial charge in [-0.15, -0.1) is 0 Å². The number of ether oxygens (including phenoxy) is 1. The lowest BCUT2D eigenvalue weighted by atomic mass is 10.0. The molecular formula is C24H24N2O2. The highest BCUT2D eigenvalue weighted by Crippen LogP contribution is 2.28. The van der Waals surface area contributed by atoms with Gasteiger partial charge in [-0.1, -0.05) is 60.7 Å². The van der Waals surface area contributed by atoms with Crippen LogP contribution in [0, 0.1) is 0 Å². The van der Waals surface area contributed by atoms with Crippen LogP contribution in [-0.4, -0.2) is 19.0 Å². The summed E-state index contributed by atoms with van der Waals surface area (Å²) in [4.78, 5) is 14.7. The monoisotopic (exact) mass is 372 g/mol. The minimum Gasteiger partial charge on any atom is -0.487 e. The molecule has 0 saturated carbocycles. The Bertz CT molecular complexity index is 940. The normalized spacial score (nSPS) is 12.9. The Morgan fingerprint density at radius 1 is 0.929 bits per heavy atom. The van der Waals surface area contributed by atoms with Crippen LogP contribution in [0.5, 0.6) is 5.75 Å². The summed E-state index contributed by atoms with van der Waals surface area (Å²) in [7, 11) is 0. The predicted molar refractivity (Wildman–Crippen MR) is 113 cm³/mol. The molecule has 1 amide bonds. The van der Waals surface area contributed by atoms with E-state index in [9.17, 15) is 4.79 Å². The standard InChI is InChI=1S/C24H24N2O2/c27-24(26-16-8-12-20-11-4-6-14-22(20)26)17-25-21-13-5-7-15-23(21)28-18-19-9-2-1-3-10-19/h1-7,9-11,13-15,25H,8,12,16-18H2. The Labute approximate surface area is 165 Å². The minimum absolute atomic E-state index is 0.0741. The van der Waals surface area contributed by atoms with Crippen molar-refractivity contribution in [3.8, 4) is 5.75 Å². The Morgan fingerprint density at radius 3 is 2.57 bits per heavy atom. The second kappa shape index (κ2) is 8.61. The van der Waals surface area contributed by atoms with Crippen molar-refractivity contribution in [3.63, 3.8) is 0 Å². The second-order valence-corrected chi connectivity index (χ2v) is 6.90. The number of nitrogens with one attached hydrogen (secondary N) is 1. The summed E-state index contributed by atoms with van der Waals surface area (Å²) in [6.07, 6.45) is 2.03. The van der Waals surface area contributed by atoms with Crippen molar-refractivity contribution >= 4 is 17.3 Å². The van der Waals surface area contributed by atoms with Gasteiger partial charge in [-0.3, -0.25) is 4.79 Å². The smallest absolute Gasteiger partial charge is 0.246 e. The number of carbonyl (C=O) groups excluding carboxylic acids is 1. The molecule has 0 aliphatic carbocycles. The summed E-state index contributed by atoms with van der Waals surface area (Å²) in [6, 6.07) is 26.0. The van der Waals surface area contributed by atoms with Crippen LogP contribution in [0.25, 0.3) is 0 Å². The summed E-state index contributed by atoms with van der Waals surface area (Å²) < 4.78 is 5.97. The number of aryl methyl sites for hydroxylation is 1. The highest BCUT2D eigenvalue weighted by molar-refractivity contribution is 5.97. The van der Waals surface area contributed by atoms with E-state index >= 15 is 0 Å². The first-order chi connectivity index (χ1) is 13.8. The van der Waals surface area contributed by atoms with Crippen LogP contribution >= 0.6 is 0 Å². The fourth-order valence-electron chi connectivity index (χ4n) is 3.53. The lowest BCUT2D eigenvalue weighted by Crippen LogP contribution is -2.39. The van der Waals surface area contributed by atoms with E-state index in [-0.39, 0.29) is 12.5 Å². The molecule has 0 bridgehead atoms. The first kappa shape index (κ1) is 18.1. The second-order valence-electron chi connectivity index (χ2n) is 6.90. The zero-order chi connectivity index (χ0) is 19.2. The van der Waals surface area contributed by atoms with Crippen LogP contribution in [0.2, 0.25) is 0 Å². The average molecular weight is 372 g/mol. The molecule has 0 radical (unpaired) electrons. The summed E-state index contributed by atoms with van der Waals surface area (Å²) >= 11 is 0. The molecule has 1 N–H and O–H groups in total. The van der Waals surface area contributed by atoms with Crippen LogP contribution in [-0.2, 0) is 17.8 Å². The van der Waals surface area contributed by atoms with E-state index in [4.69, 9.17) is 4.74 Å². The fourth-order valence-corrected chi connectivity index (χ4v) is 3.53. The number of para-hydroxylation sites is 3. The molecular weight excluding hydrogens is 348 g/mol. The zero-order valence-corrected chi connectivity index (χ0v) is 15.8. The number of hydrogen-bond acceptors (Lipinski definition) is 3. The van der Waals surface area contributed by atoms with Gasteiger partial charge < -0.3 is 15.0 Å². The summed E-state index contributed by atoms with van der Waals surface area (Å²) in [5, 5.41) is 3.26. The maximum atomic E-state index is 12.8. The van der Waals surface area contributed by atoms with Crippen LogP contribution < -0.4 is 15.0 Å². The van der Waals surface area contributed by atoms with Gasteiger partial charge in [0.2, 0.25) is 5.91 Å². The molecule has 0 spiro atoms. The fraction of sp³-hybridized carbons (Fsp3) is 0.208. The number of carbonyl (C=O) groups is 1. The zero-order valence-electron chi connectivity index (χ0n) is 15.8. The van der Waals surface area contributed by atoms with Crippen LogP contribution in [0.4, 0.5) is 11.4 Å². The van der Waals surface area contributed by atoms with Crippen molar-refractivity contribution in [1.29, 1.82) is 0 Å². The summed E-state index contributed by atoms with van der Waals surface area (Å²) in [5.41, 5.74) is 4.22. The molecule has 0 aromatic heterocycles. The number of hydrogen-bond donors (Lipinski definition) is 1. The molecule has 4 heteroatoms. The number of fused-ring (bicyclic) bond motifs is 1. The van der Waals surface area contributed by atoms with Crippen molar-refractivity contribution in [2.24, 2.45) is 0 Å². The van der Waals surface area contributed by atoms with Crippen molar-refractivity contribution in [1.82, 2.24) is 0 Å². The van der Waals surface area contributed by atoms with Crippen molar-refractivity contribution in [2.45, 2.75) is 19.4 Å². The third kappa shape index (κ3) is 4.17. The molecule has 3 aromatic rings. The van der Waals surface area contributed by atoms with E-state index in [0.29, 0.717) is 6.61 Å². The molecule has 142 valence electrons. The summed E-state index contributed by atoms with van der Waals surface area (Å²) in [6.45, 7) is 1.50. The van der Waals surface area contributed by atoms with E-state index in [1.165, 1.54) is 5.56 Å². The summed E-state index contributed by atoms with van der Waals surface area (Å²) in [5.74, 6) is 0.822. The van der Waals surface area contributed by atoms with E-state index in [0.717, 1.165) is 42.1 Å². The van der Waals surface area contributed by atoms with Gasteiger partial charge in [0.1, 0.15) is 12.4 Å². The molecule has 0 atom stereocenters. The van der Waals surface area contributed by atoms with Crippen LogP contribution in [0.15, 0.2) is 78.9 Å². The molecule has 0 unspecified atom stereocenters. The molecule has 3 aromatic carbocycles. The quantitative estimate of drug-likeness (QED) is 0.684. The highest BCUT2D eigenvalue weighted by atomic mass is 16.5. The maximum Gasteiger partial charge on any atom is 0.246 e. The molecule has 1 aliphatic rings. The Kier molecular flexibility index (Phi) is 5.57. The topological polar surface area (TPSA) is 41.6 Å². The SMILES string of the molecule is O=C(CNc1ccccc1OCc1ccccc1)N1CCCc2ccccc21. The van der Waals surface area contributed by atoms with E-state index in [2.05, 4.69) is 11.4 Å². The van der Waals surface area contributed by atoms with E-state index in [1.807, 2.05) is 77.7 Å². The Morgan fingerprint density at radius 2 is 1.68 bits per heavy atom. The van der Waals surface area contributed by atoms with E-state index < -0.39 is 0 Å². The minimum atomic E-state index is 0.0741.